The number of benzene rings is 2. The molecule has 0 radical (unpaired) electrons. The number of ether oxygens (including phenoxy) is 4. The van der Waals surface area contributed by atoms with Crippen LogP contribution in [-0.2, 0) is 15.9 Å². The molecule has 178 valence electrons. The molecule has 7 heteroatoms. The summed E-state index contributed by atoms with van der Waals surface area (Å²) < 4.78 is 21.4. The topological polar surface area (TPSA) is 83.1 Å². The first kappa shape index (κ1) is 24.6. The smallest absolute Gasteiger partial charge is 0.407 e. The zero-order valence-electron chi connectivity index (χ0n) is 19.8. The molecule has 1 amide bonds. The highest BCUT2D eigenvalue weighted by molar-refractivity contribution is 5.98. The number of Topliss-reactive ketones (excluding diaryl/α,β-unsaturated/α-hetero) is 1. The summed E-state index contributed by atoms with van der Waals surface area (Å²) in [6.45, 7) is 5.53. The third-order valence-corrected chi connectivity index (χ3v) is 5.82. The molecule has 0 spiro atoms. The van der Waals surface area contributed by atoms with E-state index in [4.69, 9.17) is 18.9 Å². The number of cyclic esters (lactones) is 1. The fraction of sp³-hybridized carbons (Fsp3) is 0.462. The van der Waals surface area contributed by atoms with Crippen molar-refractivity contribution in [3.8, 4) is 11.5 Å². The highest BCUT2D eigenvalue weighted by Crippen LogP contribution is 2.31. The fourth-order valence-corrected chi connectivity index (χ4v) is 3.92. The summed E-state index contributed by atoms with van der Waals surface area (Å²) >= 11 is 0. The molecule has 2 aromatic carbocycles. The number of carbonyl (C=O) groups is 2. The van der Waals surface area contributed by atoms with Crippen molar-refractivity contribution < 1.29 is 28.5 Å². The largest absolute Gasteiger partial charge is 0.493 e. The van der Waals surface area contributed by atoms with Crippen LogP contribution in [0.2, 0.25) is 0 Å². The normalized spacial score (nSPS) is 16.3. The van der Waals surface area contributed by atoms with Crippen LogP contribution in [0.3, 0.4) is 0 Å². The number of carbonyl (C=O) groups excluding carboxylic acids is 2. The molecule has 2 unspecified atom stereocenters. The summed E-state index contributed by atoms with van der Waals surface area (Å²) in [5, 5.41) is 2.76. The Labute approximate surface area is 195 Å². The number of alkyl carbamates (subject to hydrolysis) is 1. The van der Waals surface area contributed by atoms with Crippen molar-refractivity contribution in [2.24, 2.45) is 11.8 Å². The van der Waals surface area contributed by atoms with Gasteiger partial charge in [0, 0.05) is 31.6 Å². The molecular weight excluding hydrogens is 422 g/mol. The van der Waals surface area contributed by atoms with Crippen LogP contribution in [0, 0.1) is 11.8 Å². The number of ketones is 1. The lowest BCUT2D eigenvalue weighted by Gasteiger charge is -2.21. The minimum atomic E-state index is -0.434. The van der Waals surface area contributed by atoms with Crippen LogP contribution < -0.4 is 14.8 Å². The molecular formula is C26H33NO6. The van der Waals surface area contributed by atoms with Crippen molar-refractivity contribution in [3.63, 3.8) is 0 Å². The molecule has 2 aromatic rings. The van der Waals surface area contributed by atoms with Crippen LogP contribution in [0.4, 0.5) is 4.79 Å². The van der Waals surface area contributed by atoms with Gasteiger partial charge in [-0.15, -0.1) is 0 Å². The van der Waals surface area contributed by atoms with Crippen LogP contribution in [0.25, 0.3) is 0 Å². The van der Waals surface area contributed by atoms with Gasteiger partial charge in [0.15, 0.2) is 17.3 Å². The minimum Gasteiger partial charge on any atom is -0.493 e. The van der Waals surface area contributed by atoms with Gasteiger partial charge in [0.25, 0.3) is 0 Å². The van der Waals surface area contributed by atoms with Gasteiger partial charge in [0.2, 0.25) is 0 Å². The van der Waals surface area contributed by atoms with Gasteiger partial charge in [-0.25, -0.2) is 4.79 Å². The Morgan fingerprint density at radius 2 is 1.94 bits per heavy atom. The molecule has 33 heavy (non-hydrogen) atoms. The Morgan fingerprint density at radius 3 is 2.61 bits per heavy atom. The van der Waals surface area contributed by atoms with E-state index in [1.54, 1.807) is 14.2 Å². The van der Waals surface area contributed by atoms with E-state index >= 15 is 0 Å². The summed E-state index contributed by atoms with van der Waals surface area (Å²) in [5.41, 5.74) is 2.51. The maximum atomic E-state index is 13.5. The van der Waals surface area contributed by atoms with E-state index in [2.05, 4.69) is 19.2 Å². The fourth-order valence-electron chi connectivity index (χ4n) is 3.92. The zero-order chi connectivity index (χ0) is 23.8. The van der Waals surface area contributed by atoms with Crippen molar-refractivity contribution in [2.45, 2.75) is 32.7 Å². The molecule has 0 aromatic heterocycles. The zero-order valence-corrected chi connectivity index (χ0v) is 19.8. The number of hydrogen-bond donors (Lipinski definition) is 1. The van der Waals surface area contributed by atoms with Gasteiger partial charge in [-0.2, -0.15) is 0 Å². The van der Waals surface area contributed by atoms with Gasteiger partial charge in [0.1, 0.15) is 6.61 Å². The highest BCUT2D eigenvalue weighted by Gasteiger charge is 2.27. The van der Waals surface area contributed by atoms with Crippen molar-refractivity contribution in [2.75, 3.05) is 34.0 Å². The second kappa shape index (κ2) is 11.7. The first-order valence-corrected chi connectivity index (χ1v) is 11.3. The predicted molar refractivity (Wildman–Crippen MR) is 125 cm³/mol. The Morgan fingerprint density at radius 1 is 1.12 bits per heavy atom. The Hall–Kier alpha value is -3.06. The first-order valence-electron chi connectivity index (χ1n) is 11.3. The van der Waals surface area contributed by atoms with E-state index in [0.717, 1.165) is 17.5 Å². The molecule has 7 nitrogen and oxygen atoms in total. The second-order valence-corrected chi connectivity index (χ2v) is 8.52. The van der Waals surface area contributed by atoms with E-state index < -0.39 is 6.09 Å². The Balaban J connectivity index is 1.76. The Kier molecular flexibility index (Phi) is 8.72. The maximum Gasteiger partial charge on any atom is 0.407 e. The van der Waals surface area contributed by atoms with E-state index in [0.29, 0.717) is 36.7 Å². The average molecular weight is 456 g/mol. The van der Waals surface area contributed by atoms with Crippen LogP contribution in [-0.4, -0.2) is 45.9 Å². The van der Waals surface area contributed by atoms with Gasteiger partial charge in [-0.05, 0) is 41.7 Å². The van der Waals surface area contributed by atoms with Crippen molar-refractivity contribution >= 4 is 11.9 Å². The van der Waals surface area contributed by atoms with Crippen LogP contribution in [0.5, 0.6) is 11.5 Å². The highest BCUT2D eigenvalue weighted by atomic mass is 16.6. The van der Waals surface area contributed by atoms with Crippen LogP contribution in [0.15, 0.2) is 42.5 Å². The lowest BCUT2D eigenvalue weighted by atomic mass is 9.82. The monoisotopic (exact) mass is 455 g/mol. The lowest BCUT2D eigenvalue weighted by Crippen LogP contribution is -2.24. The number of hydrogen-bond acceptors (Lipinski definition) is 6. The van der Waals surface area contributed by atoms with Gasteiger partial charge in [0.05, 0.1) is 19.8 Å². The van der Waals surface area contributed by atoms with Crippen molar-refractivity contribution in [3.05, 3.63) is 59.2 Å². The lowest BCUT2D eigenvalue weighted by molar-refractivity contribution is 0.0884. The predicted octanol–water partition coefficient (Wildman–Crippen LogP) is 4.59. The second-order valence-electron chi connectivity index (χ2n) is 8.52. The average Bonchev–Trinajstić information content (AvgIpc) is 3.26. The molecule has 1 N–H and O–H groups in total. The molecule has 1 saturated heterocycles. The van der Waals surface area contributed by atoms with E-state index in [1.165, 1.54) is 0 Å². The summed E-state index contributed by atoms with van der Waals surface area (Å²) in [6.07, 6.45) is 0.930. The first-order chi connectivity index (χ1) is 15.9. The SMILES string of the molecule is COCCCOc1cc(CC(C(=O)c2cccc(C3COC(=O)N3)c2)C(C)C)ccc1OC. The third kappa shape index (κ3) is 6.48. The summed E-state index contributed by atoms with van der Waals surface area (Å²) in [6, 6.07) is 13.0. The standard InChI is InChI=1S/C26H33NO6/c1-17(2)21(13-18-9-10-23(31-4)24(14-18)32-12-6-11-30-3)25(28)20-8-5-7-19(15-20)22-16-33-26(29)27-22/h5,7-10,14-15,17,21-22H,6,11-13,16H2,1-4H3,(H,27,29). The number of methoxy groups -OCH3 is 2. The molecule has 3 rings (SSSR count). The van der Waals surface area contributed by atoms with Crippen LogP contribution >= 0.6 is 0 Å². The maximum absolute atomic E-state index is 13.5. The molecule has 0 bridgehead atoms. The quantitative estimate of drug-likeness (QED) is 0.372. The van der Waals surface area contributed by atoms with E-state index in [9.17, 15) is 9.59 Å². The summed E-state index contributed by atoms with van der Waals surface area (Å²) in [5.74, 6) is 1.35. The van der Waals surface area contributed by atoms with Gasteiger partial charge < -0.3 is 24.3 Å². The molecule has 1 heterocycles. The van der Waals surface area contributed by atoms with Gasteiger partial charge >= 0.3 is 6.09 Å². The molecule has 1 fully saturated rings. The van der Waals surface area contributed by atoms with E-state index in [1.807, 2.05) is 42.5 Å². The van der Waals surface area contributed by atoms with E-state index in [-0.39, 0.29) is 30.3 Å². The Bertz CT molecular complexity index is 958. The molecule has 0 aliphatic carbocycles. The molecule has 1 aliphatic heterocycles. The van der Waals surface area contributed by atoms with Gasteiger partial charge in [-0.1, -0.05) is 38.1 Å². The minimum absolute atomic E-state index is 0.0791. The number of rotatable bonds is 12. The third-order valence-electron chi connectivity index (χ3n) is 5.82. The molecule has 0 saturated carbocycles. The summed E-state index contributed by atoms with van der Waals surface area (Å²) in [4.78, 5) is 24.9. The van der Waals surface area contributed by atoms with Gasteiger partial charge in [-0.3, -0.25) is 4.79 Å². The molecule has 1 aliphatic rings. The van der Waals surface area contributed by atoms with Crippen LogP contribution in [0.1, 0.15) is 47.8 Å². The van der Waals surface area contributed by atoms with Crippen molar-refractivity contribution in [1.29, 1.82) is 0 Å². The molecule has 2 atom stereocenters. The summed E-state index contributed by atoms with van der Waals surface area (Å²) in [7, 11) is 3.28. The number of amides is 1. The van der Waals surface area contributed by atoms with Crippen molar-refractivity contribution in [1.82, 2.24) is 5.32 Å². The number of nitrogens with one attached hydrogen (secondary N) is 1.